The quantitative estimate of drug-likeness (QED) is 0.116. The summed E-state index contributed by atoms with van der Waals surface area (Å²) in [5.74, 6) is -2.14. The van der Waals surface area contributed by atoms with Crippen molar-refractivity contribution in [2.75, 3.05) is 0 Å². The summed E-state index contributed by atoms with van der Waals surface area (Å²) >= 11 is 6.71. The molecule has 38 heavy (non-hydrogen) atoms. The number of thioether (sulfide) groups is 1. The van der Waals surface area contributed by atoms with E-state index < -0.39 is 44.2 Å². The van der Waals surface area contributed by atoms with Crippen LogP contribution >= 0.6 is 23.4 Å². The van der Waals surface area contributed by atoms with Crippen molar-refractivity contribution < 1.29 is 33.4 Å². The fourth-order valence-corrected chi connectivity index (χ4v) is 4.40. The number of nitro benzene ring substituents is 2. The molecule has 1 aliphatic heterocycles. The van der Waals surface area contributed by atoms with Gasteiger partial charge in [-0.15, -0.1) is 0 Å². The molecule has 2 amide bonds. The fraction of sp³-hybridized carbons (Fsp3) is 0.0417. The van der Waals surface area contributed by atoms with Gasteiger partial charge in [0.1, 0.15) is 11.6 Å². The summed E-state index contributed by atoms with van der Waals surface area (Å²) in [6.45, 7) is -0.133. The molecule has 1 fully saturated rings. The Morgan fingerprint density at radius 3 is 2.21 bits per heavy atom. The molecule has 3 aromatic carbocycles. The van der Waals surface area contributed by atoms with E-state index in [0.29, 0.717) is 22.9 Å². The Hall–Kier alpha value is -4.62. The lowest BCUT2D eigenvalue weighted by molar-refractivity contribution is -0.394. The summed E-state index contributed by atoms with van der Waals surface area (Å²) < 4.78 is 18.4. The Morgan fingerprint density at radius 2 is 1.63 bits per heavy atom. The number of rotatable bonds is 7. The van der Waals surface area contributed by atoms with Gasteiger partial charge in [0.2, 0.25) is 0 Å². The number of halogens is 2. The van der Waals surface area contributed by atoms with Crippen molar-refractivity contribution in [2.45, 2.75) is 6.54 Å². The molecule has 0 aromatic heterocycles. The van der Waals surface area contributed by atoms with Gasteiger partial charge in [-0.3, -0.25) is 34.7 Å². The van der Waals surface area contributed by atoms with Crippen LogP contribution in [0.3, 0.4) is 0 Å². The van der Waals surface area contributed by atoms with E-state index in [1.54, 1.807) is 0 Å². The maximum absolute atomic E-state index is 13.3. The van der Waals surface area contributed by atoms with Gasteiger partial charge in [0, 0.05) is 17.2 Å². The van der Waals surface area contributed by atoms with Gasteiger partial charge in [-0.2, -0.15) is 0 Å². The summed E-state index contributed by atoms with van der Waals surface area (Å²) in [7, 11) is 0. The smallest absolute Gasteiger partial charge is 0.344 e. The fourth-order valence-electron chi connectivity index (χ4n) is 3.33. The number of carbonyl (C=O) groups excluding carboxylic acids is 3. The van der Waals surface area contributed by atoms with Crippen LogP contribution in [0, 0.1) is 26.0 Å². The van der Waals surface area contributed by atoms with Crippen LogP contribution < -0.4 is 4.74 Å². The Bertz CT molecular complexity index is 1510. The van der Waals surface area contributed by atoms with E-state index in [1.165, 1.54) is 42.5 Å². The number of nitro groups is 2. The van der Waals surface area contributed by atoms with Crippen LogP contribution in [-0.2, 0) is 11.3 Å². The van der Waals surface area contributed by atoms with Crippen LogP contribution in [0.2, 0.25) is 5.02 Å². The first-order valence-electron chi connectivity index (χ1n) is 10.5. The highest BCUT2D eigenvalue weighted by Gasteiger charge is 2.35. The Balaban J connectivity index is 1.47. The highest BCUT2D eigenvalue weighted by Crippen LogP contribution is 2.34. The number of nitrogens with zero attached hydrogens (tertiary/aromatic N) is 3. The Kier molecular flexibility index (Phi) is 7.50. The van der Waals surface area contributed by atoms with Gasteiger partial charge in [0.25, 0.3) is 22.5 Å². The summed E-state index contributed by atoms with van der Waals surface area (Å²) in [5.41, 5.74) is -0.780. The second-order valence-corrected chi connectivity index (χ2v) is 9.11. The number of amides is 2. The summed E-state index contributed by atoms with van der Waals surface area (Å²) in [5, 5.41) is 21.6. The van der Waals surface area contributed by atoms with E-state index in [2.05, 4.69) is 0 Å². The third kappa shape index (κ3) is 5.85. The SMILES string of the molecule is O=C(Oc1ccc(/C=C2\SC(=O)N(Cc3ccc(F)cc3Cl)C2=O)cc1)c1cc([N+](=O)[O-])cc([N+](=O)[O-])c1. The number of non-ortho nitro benzene ring substituents is 2. The van der Waals surface area contributed by atoms with Crippen molar-refractivity contribution in [3.05, 3.63) is 113 Å². The zero-order chi connectivity index (χ0) is 27.6. The summed E-state index contributed by atoms with van der Waals surface area (Å²) in [6.07, 6.45) is 1.45. The minimum atomic E-state index is -1.05. The average Bonchev–Trinajstić information content (AvgIpc) is 3.13. The van der Waals surface area contributed by atoms with Crippen molar-refractivity contribution in [1.82, 2.24) is 4.90 Å². The number of benzene rings is 3. The van der Waals surface area contributed by atoms with Gasteiger partial charge in [0.15, 0.2) is 0 Å². The Morgan fingerprint density at radius 1 is 1.00 bits per heavy atom. The molecule has 0 radical (unpaired) electrons. The predicted octanol–water partition coefficient (Wildman–Crippen LogP) is 5.75. The maximum atomic E-state index is 13.3. The van der Waals surface area contributed by atoms with Gasteiger partial charge in [-0.25, -0.2) is 9.18 Å². The van der Waals surface area contributed by atoms with E-state index in [4.69, 9.17) is 16.3 Å². The highest BCUT2D eigenvalue weighted by molar-refractivity contribution is 8.18. The van der Waals surface area contributed by atoms with Gasteiger partial charge in [-0.1, -0.05) is 29.8 Å². The molecule has 14 heteroatoms. The van der Waals surface area contributed by atoms with Gasteiger partial charge >= 0.3 is 5.97 Å². The van der Waals surface area contributed by atoms with Crippen molar-refractivity contribution in [1.29, 1.82) is 0 Å². The molecule has 0 unspecified atom stereocenters. The van der Waals surface area contributed by atoms with Crippen LogP contribution in [-0.4, -0.2) is 31.9 Å². The number of ether oxygens (including phenoxy) is 1. The number of esters is 1. The number of hydrogen-bond donors (Lipinski definition) is 0. The molecular weight excluding hydrogens is 545 g/mol. The molecule has 0 bridgehead atoms. The second kappa shape index (κ2) is 10.8. The first-order valence-corrected chi connectivity index (χ1v) is 11.7. The molecule has 0 atom stereocenters. The normalized spacial score (nSPS) is 14.2. The molecule has 0 N–H and O–H groups in total. The summed E-state index contributed by atoms with van der Waals surface area (Å²) in [6, 6.07) is 11.8. The van der Waals surface area contributed by atoms with Crippen LogP contribution in [0.15, 0.2) is 65.6 Å². The van der Waals surface area contributed by atoms with Gasteiger partial charge in [0.05, 0.1) is 32.9 Å². The molecular formula is C24H13ClFN3O8S. The summed E-state index contributed by atoms with van der Waals surface area (Å²) in [4.78, 5) is 59.0. The molecule has 3 aromatic rings. The zero-order valence-corrected chi connectivity index (χ0v) is 20.4. The third-order valence-electron chi connectivity index (χ3n) is 5.17. The minimum absolute atomic E-state index is 0.0281. The predicted molar refractivity (Wildman–Crippen MR) is 134 cm³/mol. The van der Waals surface area contributed by atoms with E-state index in [0.717, 1.165) is 29.2 Å². The molecule has 4 rings (SSSR count). The molecule has 1 aliphatic rings. The lowest BCUT2D eigenvalue weighted by Crippen LogP contribution is -2.27. The molecule has 11 nitrogen and oxygen atoms in total. The van der Waals surface area contributed by atoms with E-state index in [9.17, 15) is 39.0 Å². The molecule has 0 saturated carbocycles. The van der Waals surface area contributed by atoms with Gasteiger partial charge < -0.3 is 4.74 Å². The first kappa shape index (κ1) is 26.4. The number of hydrogen-bond acceptors (Lipinski definition) is 9. The molecule has 0 spiro atoms. The van der Waals surface area contributed by atoms with Crippen molar-refractivity contribution >= 4 is 57.9 Å². The van der Waals surface area contributed by atoms with Crippen molar-refractivity contribution in [3.8, 4) is 5.75 Å². The highest BCUT2D eigenvalue weighted by atomic mass is 35.5. The van der Waals surface area contributed by atoms with E-state index in [1.807, 2.05) is 0 Å². The largest absolute Gasteiger partial charge is 0.423 e. The van der Waals surface area contributed by atoms with E-state index in [-0.39, 0.29) is 27.8 Å². The third-order valence-corrected chi connectivity index (χ3v) is 6.42. The molecule has 1 heterocycles. The number of carbonyl (C=O) groups is 3. The second-order valence-electron chi connectivity index (χ2n) is 7.71. The lowest BCUT2D eigenvalue weighted by atomic mass is 10.1. The Labute approximate surface area is 221 Å². The topological polar surface area (TPSA) is 150 Å². The molecule has 1 saturated heterocycles. The first-order chi connectivity index (χ1) is 18.0. The molecule has 192 valence electrons. The maximum Gasteiger partial charge on any atom is 0.344 e. The number of imide groups is 1. The van der Waals surface area contributed by atoms with Crippen molar-refractivity contribution in [2.24, 2.45) is 0 Å². The van der Waals surface area contributed by atoms with Gasteiger partial charge in [-0.05, 0) is 53.2 Å². The monoisotopic (exact) mass is 557 g/mol. The zero-order valence-electron chi connectivity index (χ0n) is 18.8. The lowest BCUT2D eigenvalue weighted by Gasteiger charge is -2.13. The van der Waals surface area contributed by atoms with Crippen LogP contribution in [0.1, 0.15) is 21.5 Å². The standard InChI is InChI=1S/C24H13ClFN3O8S/c25-20-10-16(26)4-3-14(20)12-27-22(30)21(38-24(27)32)7-13-1-5-19(6-2-13)37-23(31)15-8-17(28(33)34)11-18(9-15)29(35)36/h1-11H,12H2/b21-7-. The van der Waals surface area contributed by atoms with Crippen molar-refractivity contribution in [3.63, 3.8) is 0 Å². The molecule has 0 aliphatic carbocycles. The van der Waals surface area contributed by atoms with Crippen LogP contribution in [0.4, 0.5) is 20.6 Å². The van der Waals surface area contributed by atoms with Crippen LogP contribution in [0.25, 0.3) is 6.08 Å². The minimum Gasteiger partial charge on any atom is -0.423 e. The van der Waals surface area contributed by atoms with E-state index >= 15 is 0 Å². The van der Waals surface area contributed by atoms with Crippen LogP contribution in [0.5, 0.6) is 5.75 Å². The average molecular weight is 558 g/mol.